The first kappa shape index (κ1) is 15.1. The third kappa shape index (κ3) is 7.03. The Balaban J connectivity index is 0.000000366. The molecule has 0 aliphatic rings. The molecule has 0 unspecified atom stereocenters. The lowest BCUT2D eigenvalue weighted by Crippen LogP contribution is -2.32. The summed E-state index contributed by atoms with van der Waals surface area (Å²) in [4.78, 5) is 26.3. The molecule has 0 aliphatic carbocycles. The molecule has 2 atom stereocenters. The predicted molar refractivity (Wildman–Crippen MR) is 59.2 cm³/mol. The molecule has 0 aromatic carbocycles. The van der Waals surface area contributed by atoms with Gasteiger partial charge in [-0.15, -0.1) is 0 Å². The molecule has 1 heterocycles. The summed E-state index contributed by atoms with van der Waals surface area (Å²) in [5, 5.41) is 16.3. The molecule has 7 N–H and O–H groups in total. The van der Waals surface area contributed by atoms with E-state index in [0.717, 1.165) is 5.69 Å². The lowest BCUT2D eigenvalue weighted by molar-refractivity contribution is -0.139. The highest BCUT2D eigenvalue weighted by molar-refractivity contribution is 5.73. The highest BCUT2D eigenvalue weighted by Crippen LogP contribution is 1.95. The molecule has 96 valence electrons. The van der Waals surface area contributed by atoms with Crippen molar-refractivity contribution in [3.05, 3.63) is 18.2 Å². The molecule has 8 nitrogen and oxygen atoms in total. The van der Waals surface area contributed by atoms with E-state index in [4.69, 9.17) is 21.7 Å². The zero-order valence-electron chi connectivity index (χ0n) is 9.33. The van der Waals surface area contributed by atoms with E-state index in [-0.39, 0.29) is 6.42 Å². The molecule has 0 amide bonds. The van der Waals surface area contributed by atoms with E-state index >= 15 is 0 Å². The van der Waals surface area contributed by atoms with Crippen molar-refractivity contribution in [1.82, 2.24) is 9.97 Å². The summed E-state index contributed by atoms with van der Waals surface area (Å²) in [5.41, 5.74) is 10.8. The summed E-state index contributed by atoms with van der Waals surface area (Å²) in [6.07, 6.45) is 3.34. The highest BCUT2D eigenvalue weighted by atomic mass is 16.4. The molecular formula is C9H16N4O4. The molecule has 1 aromatic rings. The van der Waals surface area contributed by atoms with Crippen LogP contribution in [0.25, 0.3) is 0 Å². The van der Waals surface area contributed by atoms with Crippen molar-refractivity contribution in [3.63, 3.8) is 0 Å². The summed E-state index contributed by atoms with van der Waals surface area (Å²) in [7, 11) is 0. The Hall–Kier alpha value is -1.93. The van der Waals surface area contributed by atoms with Crippen LogP contribution in [0.3, 0.4) is 0 Å². The number of H-pyrrole nitrogens is 1. The average Bonchev–Trinajstić information content (AvgIpc) is 2.71. The van der Waals surface area contributed by atoms with Crippen LogP contribution >= 0.6 is 0 Å². The number of carbonyl (C=O) groups is 2. The van der Waals surface area contributed by atoms with Gasteiger partial charge in [-0.25, -0.2) is 4.98 Å². The van der Waals surface area contributed by atoms with E-state index in [1.54, 1.807) is 6.20 Å². The first-order chi connectivity index (χ1) is 7.84. The van der Waals surface area contributed by atoms with Gasteiger partial charge in [-0.2, -0.15) is 0 Å². The zero-order valence-corrected chi connectivity index (χ0v) is 9.33. The number of nitrogens with two attached hydrogens (primary N) is 2. The summed E-state index contributed by atoms with van der Waals surface area (Å²) in [5.74, 6) is -1.96. The summed E-state index contributed by atoms with van der Waals surface area (Å²) < 4.78 is 0. The first-order valence-corrected chi connectivity index (χ1v) is 4.78. The number of carboxylic acids is 2. The van der Waals surface area contributed by atoms with Crippen LogP contribution in [0, 0.1) is 0 Å². The van der Waals surface area contributed by atoms with E-state index in [9.17, 15) is 9.59 Å². The number of nitrogens with zero attached hydrogens (tertiary/aromatic N) is 1. The summed E-state index contributed by atoms with van der Waals surface area (Å²) in [6.45, 7) is 1.42. The van der Waals surface area contributed by atoms with Gasteiger partial charge in [-0.1, -0.05) is 0 Å². The number of aliphatic carboxylic acids is 2. The molecule has 8 heteroatoms. The van der Waals surface area contributed by atoms with Gasteiger partial charge in [-0.05, 0) is 6.92 Å². The van der Waals surface area contributed by atoms with Gasteiger partial charge in [0.2, 0.25) is 0 Å². The first-order valence-electron chi connectivity index (χ1n) is 4.78. The van der Waals surface area contributed by atoms with Crippen molar-refractivity contribution in [2.24, 2.45) is 11.5 Å². The van der Waals surface area contributed by atoms with Crippen molar-refractivity contribution in [3.8, 4) is 0 Å². The number of rotatable bonds is 4. The monoisotopic (exact) mass is 244 g/mol. The van der Waals surface area contributed by atoms with Gasteiger partial charge in [0.1, 0.15) is 12.1 Å². The molecule has 0 radical (unpaired) electrons. The minimum atomic E-state index is -1.00. The van der Waals surface area contributed by atoms with Gasteiger partial charge in [0.15, 0.2) is 0 Å². The molecule has 0 saturated carbocycles. The molecule has 0 bridgehead atoms. The lowest BCUT2D eigenvalue weighted by Gasteiger charge is -2.02. The van der Waals surface area contributed by atoms with Crippen molar-refractivity contribution in [2.75, 3.05) is 0 Å². The van der Waals surface area contributed by atoms with Gasteiger partial charge in [0.25, 0.3) is 0 Å². The van der Waals surface area contributed by atoms with Crippen LogP contribution in [0.5, 0.6) is 0 Å². The number of aromatic nitrogens is 2. The van der Waals surface area contributed by atoms with Crippen LogP contribution in [0.1, 0.15) is 12.6 Å². The Kier molecular flexibility index (Phi) is 6.53. The topological polar surface area (TPSA) is 155 Å². The normalized spacial score (nSPS) is 13.1. The molecule has 17 heavy (non-hydrogen) atoms. The predicted octanol–water partition coefficient (Wildman–Crippen LogP) is -1.22. The van der Waals surface area contributed by atoms with Crippen molar-refractivity contribution >= 4 is 11.9 Å². The zero-order chi connectivity index (χ0) is 13.4. The van der Waals surface area contributed by atoms with Gasteiger partial charge in [0, 0.05) is 18.3 Å². The lowest BCUT2D eigenvalue weighted by atomic mass is 10.2. The molecule has 0 saturated heterocycles. The Morgan fingerprint density at radius 3 is 2.24 bits per heavy atom. The molecule has 1 aromatic heterocycles. The smallest absolute Gasteiger partial charge is 0.320 e. The number of nitrogens with one attached hydrogen (secondary N) is 1. The third-order valence-electron chi connectivity index (χ3n) is 1.70. The van der Waals surface area contributed by atoms with Gasteiger partial charge >= 0.3 is 11.9 Å². The number of hydrogen-bond donors (Lipinski definition) is 5. The quantitative estimate of drug-likeness (QED) is 0.444. The maximum atomic E-state index is 10.3. The van der Waals surface area contributed by atoms with Crippen LogP contribution in [0.2, 0.25) is 0 Å². The number of hydrogen-bond acceptors (Lipinski definition) is 5. The maximum absolute atomic E-state index is 10.3. The van der Waals surface area contributed by atoms with Gasteiger partial charge in [-0.3, -0.25) is 9.59 Å². The van der Waals surface area contributed by atoms with E-state index in [1.165, 1.54) is 13.3 Å². The maximum Gasteiger partial charge on any atom is 0.320 e. The van der Waals surface area contributed by atoms with Crippen LogP contribution in [-0.2, 0) is 16.0 Å². The van der Waals surface area contributed by atoms with E-state index in [2.05, 4.69) is 9.97 Å². The van der Waals surface area contributed by atoms with Crippen LogP contribution in [0.4, 0.5) is 0 Å². The van der Waals surface area contributed by atoms with Gasteiger partial charge in [0.05, 0.1) is 6.33 Å². The minimum Gasteiger partial charge on any atom is -0.480 e. The second kappa shape index (κ2) is 7.36. The fourth-order valence-electron chi connectivity index (χ4n) is 0.721. The van der Waals surface area contributed by atoms with Crippen molar-refractivity contribution < 1.29 is 19.8 Å². The Bertz CT molecular complexity index is 350. The van der Waals surface area contributed by atoms with Gasteiger partial charge < -0.3 is 26.7 Å². The van der Waals surface area contributed by atoms with E-state index in [1.807, 2.05) is 0 Å². The van der Waals surface area contributed by atoms with Crippen LogP contribution < -0.4 is 11.5 Å². The number of aromatic amines is 1. The Morgan fingerprint density at radius 1 is 1.41 bits per heavy atom. The fourth-order valence-corrected chi connectivity index (χ4v) is 0.721. The fraction of sp³-hybridized carbons (Fsp3) is 0.444. The largest absolute Gasteiger partial charge is 0.480 e. The molecule has 1 rings (SSSR count). The third-order valence-corrected chi connectivity index (χ3v) is 1.70. The Morgan fingerprint density at radius 2 is 1.94 bits per heavy atom. The van der Waals surface area contributed by atoms with E-state index in [0.29, 0.717) is 0 Å². The molecule has 0 fully saturated rings. The van der Waals surface area contributed by atoms with E-state index < -0.39 is 24.0 Å². The average molecular weight is 244 g/mol. The summed E-state index contributed by atoms with van der Waals surface area (Å²) >= 11 is 0. The van der Waals surface area contributed by atoms with Crippen molar-refractivity contribution in [1.29, 1.82) is 0 Å². The molecule has 0 aliphatic heterocycles. The standard InChI is InChI=1S/C6H9N3O2.C3H7NO2/c7-5(6(10)11)1-4-2-8-3-9-4;1-2(4)3(5)6/h2-3,5H,1,7H2,(H,8,9)(H,10,11);2H,4H2,1H3,(H,5,6)/t5-;2-/m00/s1. The minimum absolute atomic E-state index is 0.287. The molecule has 0 spiro atoms. The number of imidazole rings is 1. The van der Waals surface area contributed by atoms with Crippen LogP contribution in [-0.4, -0.2) is 44.2 Å². The second-order valence-corrected chi connectivity index (χ2v) is 3.35. The summed E-state index contributed by atoms with van der Waals surface area (Å²) in [6, 6.07) is -1.58. The van der Waals surface area contributed by atoms with Crippen LogP contribution in [0.15, 0.2) is 12.5 Å². The molecular weight excluding hydrogens is 228 g/mol. The Labute approximate surface area is 97.6 Å². The highest BCUT2D eigenvalue weighted by Gasteiger charge is 2.11. The number of carboxylic acid groups (broad SMARTS) is 2. The van der Waals surface area contributed by atoms with Crippen molar-refractivity contribution in [2.45, 2.75) is 25.4 Å². The SMILES string of the molecule is C[C@H](N)C(=O)O.N[C@@H](Cc1cnc[nH]1)C(=O)O. The second-order valence-electron chi connectivity index (χ2n) is 3.35.